The van der Waals surface area contributed by atoms with Crippen molar-refractivity contribution in [3.05, 3.63) is 111 Å². The summed E-state index contributed by atoms with van der Waals surface area (Å²) < 4.78 is 41.9. The predicted octanol–water partition coefficient (Wildman–Crippen LogP) is 5.70. The zero-order valence-corrected chi connectivity index (χ0v) is 26.1. The molecule has 1 aliphatic heterocycles. The van der Waals surface area contributed by atoms with Crippen LogP contribution in [0.3, 0.4) is 0 Å². The molecule has 4 heterocycles. The maximum absolute atomic E-state index is 13.4. The van der Waals surface area contributed by atoms with Crippen LogP contribution in [0.5, 0.6) is 0 Å². The van der Waals surface area contributed by atoms with Gasteiger partial charge in [0.05, 0.1) is 28.9 Å². The number of imide groups is 1. The summed E-state index contributed by atoms with van der Waals surface area (Å²) in [5.74, 6) is -0.546. The number of aromatic nitrogens is 4. The number of nitrogens with zero attached hydrogens (tertiary/aromatic N) is 4. The first kappa shape index (κ1) is 32.4. The Morgan fingerprint density at radius 2 is 1.79 bits per heavy atom. The fourth-order valence-electron chi connectivity index (χ4n) is 5.85. The number of piperidine rings is 1. The number of rotatable bonds is 8. The third kappa shape index (κ3) is 6.89. The highest BCUT2D eigenvalue weighted by molar-refractivity contribution is 6.01. The first-order chi connectivity index (χ1) is 22.9. The average Bonchev–Trinajstić information content (AvgIpc) is 3.05. The molecule has 246 valence electrons. The monoisotopic (exact) mass is 655 g/mol. The molecule has 4 N–H and O–H groups in total. The Hall–Kier alpha value is -5.59. The second-order valence-corrected chi connectivity index (χ2v) is 11.9. The van der Waals surface area contributed by atoms with Crippen LogP contribution in [-0.4, -0.2) is 31.6 Å². The Bertz CT molecular complexity index is 2100. The maximum Gasteiger partial charge on any atom is 0.416 e. The second-order valence-electron chi connectivity index (χ2n) is 11.9. The van der Waals surface area contributed by atoms with Gasteiger partial charge in [0.25, 0.3) is 5.56 Å². The van der Waals surface area contributed by atoms with Gasteiger partial charge < -0.3 is 15.6 Å². The number of anilines is 2. The lowest BCUT2D eigenvalue weighted by atomic mass is 9.90. The SMILES string of the molecule is Cc1nnc(N[C@H](C)c2cc(N)cc(C(F)(F)F)c2)c2cc(-c3ccc(=O)n(CCc4ccc(C5CCC(=O)NC5=O)cc4)c3)ncc12. The zero-order valence-electron chi connectivity index (χ0n) is 26.1. The van der Waals surface area contributed by atoms with Crippen molar-refractivity contribution in [1.82, 2.24) is 25.1 Å². The fraction of sp³-hybridized carbons (Fsp3) is 0.257. The van der Waals surface area contributed by atoms with Crippen molar-refractivity contribution in [2.45, 2.75) is 57.8 Å². The molecule has 1 unspecified atom stereocenters. The quantitative estimate of drug-likeness (QED) is 0.143. The standard InChI is InChI=1S/C35H32F3N7O3/c1-19(24-13-25(35(36,37)38)15-26(39)14-24)41-33-28-16-30(40-17-29(28)20(2)43-44-33)23-7-10-32(47)45(18-23)12-11-21-3-5-22(6-4-21)27-8-9-31(46)42-34(27)48/h3-7,10,13-19,27H,8-9,11-12,39H2,1-2H3,(H,41,44)(H,42,46,48)/t19-,27?/m1/s1. The highest BCUT2D eigenvalue weighted by atomic mass is 19.4. The average molecular weight is 656 g/mol. The summed E-state index contributed by atoms with van der Waals surface area (Å²) in [6, 6.07) is 15.4. The number of carbonyl (C=O) groups is 2. The van der Waals surface area contributed by atoms with Crippen LogP contribution in [0.4, 0.5) is 24.7 Å². The lowest BCUT2D eigenvalue weighted by molar-refractivity contribution is -0.138. The van der Waals surface area contributed by atoms with E-state index >= 15 is 0 Å². The Morgan fingerprint density at radius 3 is 2.52 bits per heavy atom. The van der Waals surface area contributed by atoms with Gasteiger partial charge in [-0.1, -0.05) is 24.3 Å². The third-order valence-electron chi connectivity index (χ3n) is 8.55. The molecule has 48 heavy (non-hydrogen) atoms. The van der Waals surface area contributed by atoms with Crippen molar-refractivity contribution in [1.29, 1.82) is 0 Å². The van der Waals surface area contributed by atoms with Gasteiger partial charge in [0, 0.05) is 53.4 Å². The molecule has 0 radical (unpaired) electrons. The smallest absolute Gasteiger partial charge is 0.399 e. The number of benzene rings is 2. The van der Waals surface area contributed by atoms with E-state index in [1.54, 1.807) is 36.9 Å². The molecule has 13 heteroatoms. The number of nitrogen functional groups attached to an aromatic ring is 1. The molecule has 0 spiro atoms. The number of fused-ring (bicyclic) bond motifs is 1. The molecule has 1 aliphatic rings. The molecule has 0 bridgehead atoms. The fourth-order valence-corrected chi connectivity index (χ4v) is 5.85. The Morgan fingerprint density at radius 1 is 1.02 bits per heavy atom. The molecule has 2 aromatic carbocycles. The van der Waals surface area contributed by atoms with Crippen molar-refractivity contribution in [2.24, 2.45) is 0 Å². The maximum atomic E-state index is 13.4. The second kappa shape index (κ2) is 12.9. The number of nitrogens with one attached hydrogen (secondary N) is 2. The van der Waals surface area contributed by atoms with E-state index in [0.29, 0.717) is 64.9 Å². The summed E-state index contributed by atoms with van der Waals surface area (Å²) >= 11 is 0. The molecule has 10 nitrogen and oxygen atoms in total. The van der Waals surface area contributed by atoms with Crippen LogP contribution in [0, 0.1) is 6.92 Å². The van der Waals surface area contributed by atoms with E-state index in [2.05, 4.69) is 25.8 Å². The number of halogens is 3. The van der Waals surface area contributed by atoms with E-state index < -0.39 is 17.8 Å². The molecule has 6 rings (SSSR count). The van der Waals surface area contributed by atoms with E-state index in [0.717, 1.165) is 23.3 Å². The van der Waals surface area contributed by atoms with Crippen LogP contribution < -0.4 is 21.9 Å². The molecular weight excluding hydrogens is 623 g/mol. The molecule has 2 atom stereocenters. The lowest BCUT2D eigenvalue weighted by Crippen LogP contribution is -2.39. The topological polar surface area (TPSA) is 145 Å². The van der Waals surface area contributed by atoms with Crippen LogP contribution in [0.1, 0.15) is 59.7 Å². The molecule has 5 aromatic rings. The van der Waals surface area contributed by atoms with Gasteiger partial charge in [-0.15, -0.1) is 5.10 Å². The van der Waals surface area contributed by atoms with Crippen molar-refractivity contribution in [3.63, 3.8) is 0 Å². The summed E-state index contributed by atoms with van der Waals surface area (Å²) in [5.41, 5.74) is 8.80. The number of aryl methyl sites for hydroxylation is 3. The molecule has 1 saturated heterocycles. The van der Waals surface area contributed by atoms with Gasteiger partial charge in [0.2, 0.25) is 11.8 Å². The van der Waals surface area contributed by atoms with Crippen LogP contribution in [-0.2, 0) is 28.7 Å². The minimum Gasteiger partial charge on any atom is -0.399 e. The minimum atomic E-state index is -4.54. The minimum absolute atomic E-state index is 0.000765. The summed E-state index contributed by atoms with van der Waals surface area (Å²) in [4.78, 5) is 41.1. The van der Waals surface area contributed by atoms with Crippen LogP contribution in [0.25, 0.3) is 22.0 Å². The number of amides is 2. The Labute approximate surface area is 273 Å². The van der Waals surface area contributed by atoms with Crippen LogP contribution in [0.2, 0.25) is 0 Å². The highest BCUT2D eigenvalue weighted by Crippen LogP contribution is 2.34. The van der Waals surface area contributed by atoms with Crippen molar-refractivity contribution >= 4 is 34.1 Å². The predicted molar refractivity (Wildman–Crippen MR) is 175 cm³/mol. The van der Waals surface area contributed by atoms with Crippen molar-refractivity contribution in [2.75, 3.05) is 11.1 Å². The first-order valence-corrected chi connectivity index (χ1v) is 15.4. The van der Waals surface area contributed by atoms with Gasteiger partial charge in [-0.05, 0) is 73.7 Å². The van der Waals surface area contributed by atoms with Crippen molar-refractivity contribution in [3.8, 4) is 11.3 Å². The van der Waals surface area contributed by atoms with Gasteiger partial charge in [-0.25, -0.2) is 0 Å². The number of hydrogen-bond acceptors (Lipinski definition) is 8. The molecule has 0 saturated carbocycles. The first-order valence-electron chi connectivity index (χ1n) is 15.4. The van der Waals surface area contributed by atoms with Gasteiger partial charge in [-0.2, -0.15) is 18.3 Å². The highest BCUT2D eigenvalue weighted by Gasteiger charge is 2.31. The van der Waals surface area contributed by atoms with E-state index in [-0.39, 0.29) is 29.0 Å². The molecule has 2 amide bonds. The molecule has 1 fully saturated rings. The zero-order chi connectivity index (χ0) is 34.2. The number of carbonyl (C=O) groups excluding carboxylic acids is 2. The van der Waals surface area contributed by atoms with Crippen LogP contribution >= 0.6 is 0 Å². The van der Waals surface area contributed by atoms with Gasteiger partial charge in [0.15, 0.2) is 5.82 Å². The number of pyridine rings is 2. The van der Waals surface area contributed by atoms with E-state index in [9.17, 15) is 27.6 Å². The molecule has 0 aliphatic carbocycles. The largest absolute Gasteiger partial charge is 0.416 e. The van der Waals surface area contributed by atoms with Crippen molar-refractivity contribution < 1.29 is 22.8 Å². The summed E-state index contributed by atoms with van der Waals surface area (Å²) in [6.07, 6.45) is 0.194. The summed E-state index contributed by atoms with van der Waals surface area (Å²) in [7, 11) is 0. The number of nitrogens with two attached hydrogens (primary N) is 1. The van der Waals surface area contributed by atoms with Crippen LogP contribution in [0.15, 0.2) is 77.9 Å². The summed E-state index contributed by atoms with van der Waals surface area (Å²) in [5, 5.41) is 15.5. The van der Waals surface area contributed by atoms with E-state index in [4.69, 9.17) is 5.73 Å². The molecular formula is C35H32F3N7O3. The normalized spacial score (nSPS) is 15.7. The third-order valence-corrected chi connectivity index (χ3v) is 8.55. The van der Waals surface area contributed by atoms with Gasteiger partial charge >= 0.3 is 6.18 Å². The Kier molecular flexibility index (Phi) is 8.69. The molecule has 3 aromatic heterocycles. The summed E-state index contributed by atoms with van der Waals surface area (Å²) in [6.45, 7) is 3.89. The van der Waals surface area contributed by atoms with Gasteiger partial charge in [0.1, 0.15) is 0 Å². The van der Waals surface area contributed by atoms with E-state index in [1.165, 1.54) is 12.1 Å². The lowest BCUT2D eigenvalue weighted by Gasteiger charge is -2.21. The Balaban J connectivity index is 1.23. The van der Waals surface area contributed by atoms with Gasteiger partial charge in [-0.3, -0.25) is 24.7 Å². The number of hydrogen-bond donors (Lipinski definition) is 3. The van der Waals surface area contributed by atoms with E-state index in [1.807, 2.05) is 30.3 Å². The number of alkyl halides is 3.